The van der Waals surface area contributed by atoms with Gasteiger partial charge in [-0.2, -0.15) is 4.98 Å². The van der Waals surface area contributed by atoms with Crippen LogP contribution in [0.3, 0.4) is 0 Å². The van der Waals surface area contributed by atoms with E-state index in [1.165, 1.54) is 0 Å². The quantitative estimate of drug-likeness (QED) is 0.796. The number of fused-ring (bicyclic) bond motifs is 1. The Balaban J connectivity index is 2.02. The molecule has 21 heavy (non-hydrogen) atoms. The lowest BCUT2D eigenvalue weighted by Crippen LogP contribution is -2.14. The van der Waals surface area contributed by atoms with Crippen LogP contribution in [0.5, 0.6) is 0 Å². The molecule has 0 fully saturated rings. The summed E-state index contributed by atoms with van der Waals surface area (Å²) in [6.45, 7) is 3.80. The number of hydrogen-bond acceptors (Lipinski definition) is 5. The lowest BCUT2D eigenvalue weighted by Gasteiger charge is -2.11. The van der Waals surface area contributed by atoms with Gasteiger partial charge >= 0.3 is 0 Å². The van der Waals surface area contributed by atoms with Gasteiger partial charge in [0.05, 0.1) is 12.0 Å². The topological polar surface area (TPSA) is 72.0 Å². The largest absolute Gasteiger partial charge is 0.392 e. The van der Waals surface area contributed by atoms with E-state index in [0.717, 1.165) is 10.8 Å². The maximum absolute atomic E-state index is 9.89. The molecule has 3 aromatic rings. The Hall–Kier alpha value is -2.27. The first-order valence-corrected chi connectivity index (χ1v) is 7.06. The molecule has 2 aromatic heterocycles. The Morgan fingerprint density at radius 1 is 1.24 bits per heavy atom. The highest BCUT2D eigenvalue weighted by atomic mass is 16.5. The molecule has 1 aromatic carbocycles. The fraction of sp³-hybridized carbons (Fsp3) is 0.312. The van der Waals surface area contributed by atoms with Crippen molar-refractivity contribution in [2.24, 2.45) is 0 Å². The predicted molar refractivity (Wildman–Crippen MR) is 79.7 cm³/mol. The summed E-state index contributed by atoms with van der Waals surface area (Å²) in [5.41, 5.74) is 0.696. The summed E-state index contributed by atoms with van der Waals surface area (Å²) in [5, 5.41) is 16.0. The number of pyridine rings is 1. The molecule has 0 aliphatic heterocycles. The van der Waals surface area contributed by atoms with E-state index in [-0.39, 0.29) is 5.92 Å². The lowest BCUT2D eigenvalue weighted by atomic mass is 10.0. The summed E-state index contributed by atoms with van der Waals surface area (Å²) in [7, 11) is 0. The average Bonchev–Trinajstić information content (AvgIpc) is 3.02. The number of aliphatic hydroxyl groups excluding tert-OH is 1. The molecular weight excluding hydrogens is 266 g/mol. The van der Waals surface area contributed by atoms with Crippen LogP contribution in [-0.2, 0) is 0 Å². The number of nitrogens with zero attached hydrogens (tertiary/aromatic N) is 3. The van der Waals surface area contributed by atoms with Gasteiger partial charge in [-0.15, -0.1) is 0 Å². The van der Waals surface area contributed by atoms with Crippen LogP contribution < -0.4 is 0 Å². The van der Waals surface area contributed by atoms with Crippen molar-refractivity contribution in [1.82, 2.24) is 15.1 Å². The fourth-order valence-electron chi connectivity index (χ4n) is 2.33. The molecule has 108 valence electrons. The van der Waals surface area contributed by atoms with Crippen LogP contribution in [0.15, 0.2) is 41.1 Å². The minimum absolute atomic E-state index is 0.189. The molecule has 0 aliphatic carbocycles. The van der Waals surface area contributed by atoms with Gasteiger partial charge in [-0.1, -0.05) is 43.3 Å². The van der Waals surface area contributed by atoms with E-state index >= 15 is 0 Å². The van der Waals surface area contributed by atoms with Crippen molar-refractivity contribution in [1.29, 1.82) is 0 Å². The highest BCUT2D eigenvalue weighted by molar-refractivity contribution is 5.92. The van der Waals surface area contributed by atoms with Gasteiger partial charge in [0, 0.05) is 11.6 Å². The van der Waals surface area contributed by atoms with Crippen molar-refractivity contribution in [2.45, 2.75) is 32.3 Å². The van der Waals surface area contributed by atoms with Gasteiger partial charge in [-0.05, 0) is 17.9 Å². The third-order valence-electron chi connectivity index (χ3n) is 3.71. The van der Waals surface area contributed by atoms with Crippen LogP contribution in [0.4, 0.5) is 0 Å². The monoisotopic (exact) mass is 283 g/mol. The minimum Gasteiger partial charge on any atom is -0.392 e. The van der Waals surface area contributed by atoms with Gasteiger partial charge in [-0.25, -0.2) is 0 Å². The number of rotatable bonds is 4. The highest BCUT2D eigenvalue weighted by Gasteiger charge is 2.22. The van der Waals surface area contributed by atoms with Gasteiger partial charge in [0.25, 0.3) is 0 Å². The lowest BCUT2D eigenvalue weighted by molar-refractivity contribution is 0.129. The van der Waals surface area contributed by atoms with Gasteiger partial charge in [0.1, 0.15) is 5.69 Å². The summed E-state index contributed by atoms with van der Waals surface area (Å²) < 4.78 is 5.29. The molecule has 3 rings (SSSR count). The molecule has 0 saturated heterocycles. The standard InChI is InChI=1S/C16H17N3O2/c1-3-13(20)10(2)16-18-15(19-21-16)14-12-7-5-4-6-11(12)8-9-17-14/h4-10,13,20H,3H2,1-2H3. The molecule has 0 aliphatic rings. The van der Waals surface area contributed by atoms with Crippen molar-refractivity contribution in [3.8, 4) is 11.5 Å². The number of benzene rings is 1. The van der Waals surface area contributed by atoms with Crippen LogP contribution in [0, 0.1) is 0 Å². The number of hydrogen-bond donors (Lipinski definition) is 1. The van der Waals surface area contributed by atoms with E-state index in [0.29, 0.717) is 23.8 Å². The number of aliphatic hydroxyl groups is 1. The Bertz CT molecular complexity index is 749. The molecule has 0 radical (unpaired) electrons. The van der Waals surface area contributed by atoms with Crippen LogP contribution in [-0.4, -0.2) is 26.3 Å². The van der Waals surface area contributed by atoms with E-state index < -0.39 is 6.10 Å². The van der Waals surface area contributed by atoms with E-state index in [1.807, 2.05) is 44.2 Å². The normalized spacial score (nSPS) is 14.2. The average molecular weight is 283 g/mol. The van der Waals surface area contributed by atoms with Crippen LogP contribution in [0.25, 0.3) is 22.3 Å². The van der Waals surface area contributed by atoms with Crippen molar-refractivity contribution < 1.29 is 9.63 Å². The molecular formula is C16H17N3O2. The summed E-state index contributed by atoms with van der Waals surface area (Å²) in [4.78, 5) is 8.77. The van der Waals surface area contributed by atoms with E-state index in [9.17, 15) is 5.11 Å². The van der Waals surface area contributed by atoms with Crippen LogP contribution >= 0.6 is 0 Å². The highest BCUT2D eigenvalue weighted by Crippen LogP contribution is 2.26. The molecule has 0 amide bonds. The molecule has 2 heterocycles. The van der Waals surface area contributed by atoms with Crippen LogP contribution in [0.1, 0.15) is 32.1 Å². The third kappa shape index (κ3) is 2.52. The van der Waals surface area contributed by atoms with Crippen molar-refractivity contribution >= 4 is 10.8 Å². The molecule has 2 unspecified atom stereocenters. The zero-order valence-electron chi connectivity index (χ0n) is 12.0. The third-order valence-corrected chi connectivity index (χ3v) is 3.71. The molecule has 2 atom stereocenters. The van der Waals surface area contributed by atoms with E-state index in [2.05, 4.69) is 15.1 Å². The molecule has 5 nitrogen and oxygen atoms in total. The zero-order valence-corrected chi connectivity index (χ0v) is 12.0. The summed E-state index contributed by atoms with van der Waals surface area (Å²) in [5.74, 6) is 0.706. The fourth-order valence-corrected chi connectivity index (χ4v) is 2.33. The minimum atomic E-state index is -0.487. The second-order valence-corrected chi connectivity index (χ2v) is 5.10. The van der Waals surface area contributed by atoms with Gasteiger partial charge < -0.3 is 9.63 Å². The second-order valence-electron chi connectivity index (χ2n) is 5.10. The molecule has 5 heteroatoms. The SMILES string of the molecule is CCC(O)C(C)c1nc(-c2nccc3ccccc23)no1. The van der Waals surface area contributed by atoms with Crippen LogP contribution in [0.2, 0.25) is 0 Å². The van der Waals surface area contributed by atoms with Crippen molar-refractivity contribution in [3.05, 3.63) is 42.4 Å². The number of aromatic nitrogens is 3. The van der Waals surface area contributed by atoms with Gasteiger partial charge in [-0.3, -0.25) is 4.98 Å². The first-order chi connectivity index (χ1) is 10.2. The molecule has 0 bridgehead atoms. The van der Waals surface area contributed by atoms with E-state index in [1.54, 1.807) is 6.20 Å². The Labute approximate surface area is 122 Å². The summed E-state index contributed by atoms with van der Waals surface area (Å²) in [6, 6.07) is 9.89. The van der Waals surface area contributed by atoms with Crippen molar-refractivity contribution in [2.75, 3.05) is 0 Å². The first-order valence-electron chi connectivity index (χ1n) is 7.06. The summed E-state index contributed by atoms with van der Waals surface area (Å²) in [6.07, 6.45) is 1.89. The van der Waals surface area contributed by atoms with Crippen molar-refractivity contribution in [3.63, 3.8) is 0 Å². The van der Waals surface area contributed by atoms with Gasteiger partial charge in [0.2, 0.25) is 11.7 Å². The maximum atomic E-state index is 9.89. The maximum Gasteiger partial charge on any atom is 0.232 e. The molecule has 0 saturated carbocycles. The smallest absolute Gasteiger partial charge is 0.232 e. The predicted octanol–water partition coefficient (Wildman–Crippen LogP) is 3.16. The Morgan fingerprint density at radius 3 is 2.86 bits per heavy atom. The Kier molecular flexibility index (Phi) is 3.66. The zero-order chi connectivity index (χ0) is 14.8. The summed E-state index contributed by atoms with van der Waals surface area (Å²) >= 11 is 0. The Morgan fingerprint density at radius 2 is 2.05 bits per heavy atom. The first kappa shape index (κ1) is 13.7. The van der Waals surface area contributed by atoms with Gasteiger partial charge in [0.15, 0.2) is 0 Å². The molecule has 0 spiro atoms. The second kappa shape index (κ2) is 5.61. The van der Waals surface area contributed by atoms with E-state index in [4.69, 9.17) is 4.52 Å². The molecule has 1 N–H and O–H groups in total.